The Balaban J connectivity index is 1.75. The van der Waals surface area contributed by atoms with Gasteiger partial charge < -0.3 is 11.1 Å². The Kier molecular flexibility index (Phi) is 5.72. The van der Waals surface area contributed by atoms with Gasteiger partial charge >= 0.3 is 0 Å². The summed E-state index contributed by atoms with van der Waals surface area (Å²) < 4.78 is 0. The van der Waals surface area contributed by atoms with E-state index in [1.54, 1.807) is 0 Å². The number of aryl methyl sites for hydroxylation is 1. The topological polar surface area (TPSA) is 80.9 Å². The molecule has 0 aromatic carbocycles. The average molecular weight is 282 g/mol. The third-order valence-electron chi connectivity index (χ3n) is 3.58. The Morgan fingerprint density at radius 1 is 1.32 bits per heavy atom. The van der Waals surface area contributed by atoms with Crippen molar-refractivity contribution in [2.45, 2.75) is 51.4 Å². The second-order valence-corrected chi connectivity index (χ2v) is 6.19. The lowest BCUT2D eigenvalue weighted by Crippen LogP contribution is -2.15. The van der Waals surface area contributed by atoms with Crippen LogP contribution in [0.15, 0.2) is 0 Å². The highest BCUT2D eigenvalue weighted by molar-refractivity contribution is 7.15. The fraction of sp³-hybridized carbons (Fsp3) is 0.769. The quantitative estimate of drug-likeness (QED) is 0.839. The number of nitrogens with two attached hydrogens (primary N) is 1. The van der Waals surface area contributed by atoms with Crippen LogP contribution in [0.25, 0.3) is 0 Å². The molecule has 19 heavy (non-hydrogen) atoms. The van der Waals surface area contributed by atoms with Crippen LogP contribution in [-0.4, -0.2) is 22.6 Å². The zero-order valence-corrected chi connectivity index (χ0v) is 12.0. The van der Waals surface area contributed by atoms with Gasteiger partial charge in [-0.05, 0) is 12.3 Å². The van der Waals surface area contributed by atoms with Crippen LogP contribution >= 0.6 is 11.3 Å². The number of nitrogens with one attached hydrogen (secondary N) is 1. The highest BCUT2D eigenvalue weighted by Gasteiger charge is 2.14. The van der Waals surface area contributed by atoms with Crippen molar-refractivity contribution in [1.82, 2.24) is 10.2 Å². The second-order valence-electron chi connectivity index (χ2n) is 5.13. The van der Waals surface area contributed by atoms with Gasteiger partial charge in [0.05, 0.1) is 0 Å². The Morgan fingerprint density at radius 3 is 2.84 bits per heavy atom. The molecular weight excluding hydrogens is 260 g/mol. The highest BCUT2D eigenvalue weighted by Crippen LogP contribution is 2.28. The number of aromatic nitrogens is 2. The number of nitrogens with zero attached hydrogens (tertiary/aromatic N) is 2. The van der Waals surface area contributed by atoms with E-state index in [1.165, 1.54) is 49.9 Å². The van der Waals surface area contributed by atoms with E-state index in [0.717, 1.165) is 17.3 Å². The molecule has 0 atom stereocenters. The maximum absolute atomic E-state index is 11.4. The summed E-state index contributed by atoms with van der Waals surface area (Å²) in [6.07, 6.45) is 9.38. The zero-order valence-electron chi connectivity index (χ0n) is 11.2. The van der Waals surface area contributed by atoms with Gasteiger partial charge in [-0.25, -0.2) is 0 Å². The normalized spacial score (nSPS) is 16.5. The summed E-state index contributed by atoms with van der Waals surface area (Å²) in [6.45, 7) is 0.360. The van der Waals surface area contributed by atoms with Gasteiger partial charge in [-0.1, -0.05) is 43.4 Å². The molecule has 1 aliphatic carbocycles. The molecule has 2 rings (SSSR count). The lowest BCUT2D eigenvalue weighted by molar-refractivity contribution is -0.116. The number of carbonyl (C=O) groups is 1. The SMILES string of the molecule is NCCC(=O)Nc1nnc(CCC2CCCCC2)s1. The number of amides is 1. The first-order valence-corrected chi connectivity index (χ1v) is 7.92. The lowest BCUT2D eigenvalue weighted by Gasteiger charge is -2.20. The summed E-state index contributed by atoms with van der Waals surface area (Å²) in [4.78, 5) is 11.4. The molecule has 0 saturated heterocycles. The van der Waals surface area contributed by atoms with Crippen molar-refractivity contribution in [3.8, 4) is 0 Å². The van der Waals surface area contributed by atoms with Gasteiger partial charge in [-0.2, -0.15) is 0 Å². The minimum absolute atomic E-state index is 0.0857. The Labute approximate surface area is 118 Å². The van der Waals surface area contributed by atoms with Gasteiger partial charge in [0.25, 0.3) is 0 Å². The number of rotatable bonds is 6. The van der Waals surface area contributed by atoms with E-state index in [2.05, 4.69) is 15.5 Å². The first kappa shape index (κ1) is 14.4. The molecule has 0 spiro atoms. The Morgan fingerprint density at radius 2 is 2.11 bits per heavy atom. The summed E-state index contributed by atoms with van der Waals surface area (Å²) >= 11 is 1.48. The molecule has 1 aliphatic rings. The predicted octanol–water partition coefficient (Wildman–Crippen LogP) is 2.34. The monoisotopic (exact) mass is 282 g/mol. The van der Waals surface area contributed by atoms with Gasteiger partial charge in [0, 0.05) is 19.4 Å². The molecule has 0 unspecified atom stereocenters. The van der Waals surface area contributed by atoms with Crippen LogP contribution < -0.4 is 11.1 Å². The minimum Gasteiger partial charge on any atom is -0.330 e. The molecule has 106 valence electrons. The Bertz CT molecular complexity index is 401. The maximum Gasteiger partial charge on any atom is 0.227 e. The van der Waals surface area contributed by atoms with Crippen LogP contribution in [0.4, 0.5) is 5.13 Å². The molecule has 1 aromatic rings. The molecule has 1 heterocycles. The van der Waals surface area contributed by atoms with E-state index in [1.807, 2.05) is 0 Å². The third-order valence-corrected chi connectivity index (χ3v) is 4.47. The van der Waals surface area contributed by atoms with Gasteiger partial charge in [0.15, 0.2) is 0 Å². The number of anilines is 1. The summed E-state index contributed by atoms with van der Waals surface area (Å²) in [7, 11) is 0. The standard InChI is InChI=1S/C13H22N4OS/c14-9-8-11(18)15-13-17-16-12(19-13)7-6-10-4-2-1-3-5-10/h10H,1-9,14H2,(H,15,17,18). The van der Waals surface area contributed by atoms with Gasteiger partial charge in [0.1, 0.15) is 5.01 Å². The lowest BCUT2D eigenvalue weighted by atomic mass is 9.86. The number of hydrogen-bond acceptors (Lipinski definition) is 5. The van der Waals surface area contributed by atoms with E-state index in [4.69, 9.17) is 5.73 Å². The van der Waals surface area contributed by atoms with Crippen molar-refractivity contribution in [2.24, 2.45) is 11.7 Å². The summed E-state index contributed by atoms with van der Waals surface area (Å²) in [5.74, 6) is 0.769. The molecule has 3 N–H and O–H groups in total. The van der Waals surface area contributed by atoms with Crippen LogP contribution in [0.1, 0.15) is 50.0 Å². The third kappa shape index (κ3) is 4.87. The average Bonchev–Trinajstić information content (AvgIpc) is 2.85. The fourth-order valence-electron chi connectivity index (χ4n) is 2.52. The van der Waals surface area contributed by atoms with Crippen molar-refractivity contribution in [2.75, 3.05) is 11.9 Å². The second kappa shape index (κ2) is 7.55. The Hall–Kier alpha value is -1.01. The van der Waals surface area contributed by atoms with E-state index in [0.29, 0.717) is 18.1 Å². The van der Waals surface area contributed by atoms with Crippen LogP contribution in [0, 0.1) is 5.92 Å². The van der Waals surface area contributed by atoms with Crippen LogP contribution in [0.5, 0.6) is 0 Å². The first-order valence-electron chi connectivity index (χ1n) is 7.10. The molecule has 1 amide bonds. The van der Waals surface area contributed by atoms with Crippen molar-refractivity contribution in [3.63, 3.8) is 0 Å². The van der Waals surface area contributed by atoms with Crippen LogP contribution in [0.3, 0.4) is 0 Å². The molecule has 0 aliphatic heterocycles. The summed E-state index contributed by atoms with van der Waals surface area (Å²) in [5, 5.41) is 12.5. The zero-order chi connectivity index (χ0) is 13.5. The van der Waals surface area contributed by atoms with Crippen molar-refractivity contribution in [1.29, 1.82) is 0 Å². The van der Waals surface area contributed by atoms with E-state index < -0.39 is 0 Å². The minimum atomic E-state index is -0.0857. The van der Waals surface area contributed by atoms with Gasteiger partial charge in [-0.15, -0.1) is 10.2 Å². The summed E-state index contributed by atoms with van der Waals surface area (Å²) in [6, 6.07) is 0. The molecular formula is C13H22N4OS. The van der Waals surface area contributed by atoms with Gasteiger partial charge in [0.2, 0.25) is 11.0 Å². The van der Waals surface area contributed by atoms with Crippen molar-refractivity contribution < 1.29 is 4.79 Å². The molecule has 5 nitrogen and oxygen atoms in total. The number of carbonyl (C=O) groups excluding carboxylic acids is 1. The van der Waals surface area contributed by atoms with Crippen LogP contribution in [-0.2, 0) is 11.2 Å². The number of hydrogen-bond donors (Lipinski definition) is 2. The largest absolute Gasteiger partial charge is 0.330 e. The molecule has 6 heteroatoms. The van der Waals surface area contributed by atoms with Crippen LogP contribution in [0.2, 0.25) is 0 Å². The van der Waals surface area contributed by atoms with Crippen molar-refractivity contribution >= 4 is 22.4 Å². The highest BCUT2D eigenvalue weighted by atomic mass is 32.1. The molecule has 1 saturated carbocycles. The van der Waals surface area contributed by atoms with Gasteiger partial charge in [-0.3, -0.25) is 4.79 Å². The predicted molar refractivity (Wildman–Crippen MR) is 77.1 cm³/mol. The van der Waals surface area contributed by atoms with E-state index in [-0.39, 0.29) is 5.91 Å². The molecule has 0 bridgehead atoms. The van der Waals surface area contributed by atoms with E-state index >= 15 is 0 Å². The molecule has 1 fully saturated rings. The maximum atomic E-state index is 11.4. The fourth-order valence-corrected chi connectivity index (χ4v) is 3.29. The smallest absolute Gasteiger partial charge is 0.227 e. The summed E-state index contributed by atoms with van der Waals surface area (Å²) in [5.41, 5.74) is 5.33. The first-order chi connectivity index (χ1) is 9.28. The van der Waals surface area contributed by atoms with Crippen molar-refractivity contribution in [3.05, 3.63) is 5.01 Å². The molecule has 0 radical (unpaired) electrons. The molecule has 1 aromatic heterocycles. The van der Waals surface area contributed by atoms with E-state index in [9.17, 15) is 4.79 Å².